The van der Waals surface area contributed by atoms with E-state index in [-0.39, 0.29) is 11.8 Å². The predicted octanol–water partition coefficient (Wildman–Crippen LogP) is 2.70. The van der Waals surface area contributed by atoms with Crippen molar-refractivity contribution < 1.29 is 4.79 Å². The largest absolute Gasteiger partial charge is 0.325 e. The Morgan fingerprint density at radius 1 is 1.32 bits per heavy atom. The van der Waals surface area contributed by atoms with Crippen LogP contribution in [-0.2, 0) is 17.6 Å². The van der Waals surface area contributed by atoms with Crippen molar-refractivity contribution in [2.24, 2.45) is 5.92 Å². The zero-order chi connectivity index (χ0) is 13.8. The molecule has 1 atom stereocenters. The molecule has 1 saturated heterocycles. The van der Waals surface area contributed by atoms with Gasteiger partial charge in [-0.2, -0.15) is 0 Å². The highest BCUT2D eigenvalue weighted by molar-refractivity contribution is 5.94. The number of carbonyl (C=O) groups is 1. The Morgan fingerprint density at radius 2 is 1.95 bits per heavy atom. The number of hydrogen-bond donors (Lipinski definition) is 1. The normalized spacial score (nSPS) is 19.6. The molecule has 19 heavy (non-hydrogen) atoms. The maximum Gasteiger partial charge on any atom is 0.228 e. The van der Waals surface area contributed by atoms with E-state index in [1.54, 1.807) is 0 Å². The summed E-state index contributed by atoms with van der Waals surface area (Å²) in [5.74, 6) is 0.319. The summed E-state index contributed by atoms with van der Waals surface area (Å²) in [4.78, 5) is 14.6. The molecule has 1 unspecified atom stereocenters. The Hall–Kier alpha value is -1.35. The van der Waals surface area contributed by atoms with E-state index < -0.39 is 0 Å². The second kappa shape index (κ2) is 6.20. The topological polar surface area (TPSA) is 32.3 Å². The van der Waals surface area contributed by atoms with Crippen LogP contribution in [0.15, 0.2) is 18.2 Å². The van der Waals surface area contributed by atoms with Crippen LogP contribution < -0.4 is 5.32 Å². The smallest absolute Gasteiger partial charge is 0.228 e. The lowest BCUT2D eigenvalue weighted by Crippen LogP contribution is -2.26. The van der Waals surface area contributed by atoms with Gasteiger partial charge in [0.15, 0.2) is 0 Å². The molecule has 0 aromatic heterocycles. The van der Waals surface area contributed by atoms with Gasteiger partial charge in [-0.25, -0.2) is 0 Å². The SMILES string of the molecule is CCc1cccc(CC)c1NC(=O)C1CCN(C)C1. The van der Waals surface area contributed by atoms with Gasteiger partial charge in [0.05, 0.1) is 5.92 Å². The van der Waals surface area contributed by atoms with Gasteiger partial charge in [0.1, 0.15) is 0 Å². The number of nitrogens with one attached hydrogen (secondary N) is 1. The molecule has 1 fully saturated rings. The summed E-state index contributed by atoms with van der Waals surface area (Å²) in [7, 11) is 2.07. The summed E-state index contributed by atoms with van der Waals surface area (Å²) >= 11 is 0. The quantitative estimate of drug-likeness (QED) is 0.902. The third kappa shape index (κ3) is 3.16. The fourth-order valence-electron chi connectivity index (χ4n) is 2.78. The first-order valence-corrected chi connectivity index (χ1v) is 7.25. The molecule has 1 aliphatic rings. The van der Waals surface area contributed by atoms with Crippen LogP contribution in [0.4, 0.5) is 5.69 Å². The summed E-state index contributed by atoms with van der Waals surface area (Å²) < 4.78 is 0. The molecule has 0 spiro atoms. The maximum atomic E-state index is 12.4. The highest BCUT2D eigenvalue weighted by Gasteiger charge is 2.26. The van der Waals surface area contributed by atoms with Crippen LogP contribution in [-0.4, -0.2) is 30.9 Å². The van der Waals surface area contributed by atoms with Gasteiger partial charge < -0.3 is 10.2 Å². The summed E-state index contributed by atoms with van der Waals surface area (Å²) in [6, 6.07) is 6.29. The third-order valence-corrected chi connectivity index (χ3v) is 4.01. The lowest BCUT2D eigenvalue weighted by molar-refractivity contribution is -0.119. The van der Waals surface area contributed by atoms with Crippen LogP contribution in [0.5, 0.6) is 0 Å². The first-order chi connectivity index (χ1) is 9.15. The summed E-state index contributed by atoms with van der Waals surface area (Å²) in [6.45, 7) is 6.16. The molecule has 3 heteroatoms. The molecule has 1 aromatic rings. The number of carbonyl (C=O) groups excluding carboxylic acids is 1. The van der Waals surface area contributed by atoms with E-state index in [0.29, 0.717) is 0 Å². The summed E-state index contributed by atoms with van der Waals surface area (Å²) in [5.41, 5.74) is 3.52. The second-order valence-corrected chi connectivity index (χ2v) is 5.40. The van der Waals surface area contributed by atoms with Gasteiger partial charge in [-0.1, -0.05) is 32.0 Å². The maximum absolute atomic E-state index is 12.4. The number of amides is 1. The Labute approximate surface area is 116 Å². The molecule has 1 heterocycles. The van der Waals surface area contributed by atoms with Gasteiger partial charge >= 0.3 is 0 Å². The van der Waals surface area contributed by atoms with Gasteiger partial charge in [-0.3, -0.25) is 4.79 Å². The van der Waals surface area contributed by atoms with Crippen molar-refractivity contribution in [2.45, 2.75) is 33.1 Å². The van der Waals surface area contributed by atoms with E-state index in [9.17, 15) is 4.79 Å². The van der Waals surface area contributed by atoms with Crippen LogP contribution in [0.3, 0.4) is 0 Å². The van der Waals surface area contributed by atoms with Crippen LogP contribution in [0, 0.1) is 5.92 Å². The van der Waals surface area contributed by atoms with Gasteiger partial charge in [-0.15, -0.1) is 0 Å². The first kappa shape index (κ1) is 14.1. The molecule has 1 aliphatic heterocycles. The number of nitrogens with zero attached hydrogens (tertiary/aromatic N) is 1. The third-order valence-electron chi connectivity index (χ3n) is 4.01. The van der Waals surface area contributed by atoms with Crippen molar-refractivity contribution in [2.75, 3.05) is 25.5 Å². The van der Waals surface area contributed by atoms with Gasteiger partial charge in [-0.05, 0) is 44.0 Å². The monoisotopic (exact) mass is 260 g/mol. The van der Waals surface area contributed by atoms with Crippen molar-refractivity contribution in [1.29, 1.82) is 0 Å². The van der Waals surface area contributed by atoms with Crippen LogP contribution in [0.1, 0.15) is 31.4 Å². The van der Waals surface area contributed by atoms with Crippen molar-refractivity contribution in [1.82, 2.24) is 4.90 Å². The minimum Gasteiger partial charge on any atom is -0.325 e. The average molecular weight is 260 g/mol. The van der Waals surface area contributed by atoms with Gasteiger partial charge in [0.2, 0.25) is 5.91 Å². The van der Waals surface area contributed by atoms with E-state index in [2.05, 4.69) is 49.3 Å². The van der Waals surface area contributed by atoms with Crippen LogP contribution in [0.2, 0.25) is 0 Å². The van der Waals surface area contributed by atoms with Crippen molar-refractivity contribution in [3.63, 3.8) is 0 Å². The lowest BCUT2D eigenvalue weighted by atomic mass is 10.0. The minimum atomic E-state index is 0.139. The van der Waals surface area contributed by atoms with Gasteiger partial charge in [0, 0.05) is 12.2 Å². The summed E-state index contributed by atoms with van der Waals surface area (Å²) in [5, 5.41) is 3.18. The Bertz CT molecular complexity index is 434. The van der Waals surface area contributed by atoms with Gasteiger partial charge in [0.25, 0.3) is 0 Å². The lowest BCUT2D eigenvalue weighted by Gasteiger charge is -2.17. The molecule has 1 aromatic carbocycles. The zero-order valence-corrected chi connectivity index (χ0v) is 12.2. The first-order valence-electron chi connectivity index (χ1n) is 7.25. The number of anilines is 1. The van der Waals surface area contributed by atoms with Crippen LogP contribution >= 0.6 is 0 Å². The standard InChI is InChI=1S/C16H24N2O/c1-4-12-7-6-8-13(5-2)15(12)17-16(19)14-9-10-18(3)11-14/h6-8,14H,4-5,9-11H2,1-3H3,(H,17,19). The minimum absolute atomic E-state index is 0.139. The molecule has 0 aliphatic carbocycles. The molecule has 1 N–H and O–H groups in total. The zero-order valence-electron chi connectivity index (χ0n) is 12.2. The molecule has 0 saturated carbocycles. The molecule has 0 bridgehead atoms. The fourth-order valence-corrected chi connectivity index (χ4v) is 2.78. The number of hydrogen-bond acceptors (Lipinski definition) is 2. The predicted molar refractivity (Wildman–Crippen MR) is 79.4 cm³/mol. The Kier molecular flexibility index (Phi) is 4.59. The Balaban J connectivity index is 2.16. The molecular weight excluding hydrogens is 236 g/mol. The van der Waals surface area contributed by atoms with Crippen molar-refractivity contribution in [3.8, 4) is 0 Å². The van der Waals surface area contributed by atoms with Crippen molar-refractivity contribution >= 4 is 11.6 Å². The second-order valence-electron chi connectivity index (χ2n) is 5.40. The highest BCUT2D eigenvalue weighted by Crippen LogP contribution is 2.24. The van der Waals surface area contributed by atoms with E-state index in [4.69, 9.17) is 0 Å². The van der Waals surface area contributed by atoms with E-state index in [1.165, 1.54) is 11.1 Å². The average Bonchev–Trinajstić information content (AvgIpc) is 2.85. The molecular formula is C16H24N2O. The van der Waals surface area contributed by atoms with E-state index in [1.807, 2.05) is 0 Å². The number of aryl methyl sites for hydroxylation is 2. The van der Waals surface area contributed by atoms with E-state index in [0.717, 1.165) is 38.0 Å². The molecule has 1 amide bonds. The number of rotatable bonds is 4. The number of likely N-dealkylation sites (tertiary alicyclic amines) is 1. The van der Waals surface area contributed by atoms with Crippen LogP contribution in [0.25, 0.3) is 0 Å². The Morgan fingerprint density at radius 3 is 2.42 bits per heavy atom. The van der Waals surface area contributed by atoms with Crippen molar-refractivity contribution in [3.05, 3.63) is 29.3 Å². The fraction of sp³-hybridized carbons (Fsp3) is 0.562. The molecule has 0 radical (unpaired) electrons. The molecule has 3 nitrogen and oxygen atoms in total. The van der Waals surface area contributed by atoms with E-state index >= 15 is 0 Å². The highest BCUT2D eigenvalue weighted by atomic mass is 16.1. The molecule has 2 rings (SSSR count). The number of benzene rings is 1. The molecule has 104 valence electrons. The number of para-hydroxylation sites is 1. The summed E-state index contributed by atoms with van der Waals surface area (Å²) in [6.07, 6.45) is 2.88.